The monoisotopic (exact) mass is 435 g/mol. The van der Waals surface area contributed by atoms with Crippen molar-refractivity contribution in [2.45, 2.75) is 16.3 Å². The summed E-state index contributed by atoms with van der Waals surface area (Å²) >= 11 is 1.66. The zero-order valence-corrected chi connectivity index (χ0v) is 18.3. The number of fused-ring (bicyclic) bond motifs is 1. The predicted octanol–water partition coefficient (Wildman–Crippen LogP) is 2.17. The molecule has 0 aliphatic carbocycles. The van der Waals surface area contributed by atoms with Crippen molar-refractivity contribution in [3.63, 3.8) is 0 Å². The van der Waals surface area contributed by atoms with Crippen LogP contribution in [0.3, 0.4) is 0 Å². The standard InChI is InChI=1S/C20H25N3O4S2/c1-22(2)29(25,26)16-8-9-19-17(12-16)23(10-11-28-19)14-20(24)21-13-15-6-4-5-7-18(15)27-3/h4-9,12H,10-11,13-14H2,1-3H3,(H,21,24). The summed E-state index contributed by atoms with van der Waals surface area (Å²) in [6.07, 6.45) is 0. The van der Waals surface area contributed by atoms with Gasteiger partial charge in [0.1, 0.15) is 5.75 Å². The third-order valence-electron chi connectivity index (χ3n) is 4.67. The molecule has 0 atom stereocenters. The largest absolute Gasteiger partial charge is 0.496 e. The van der Waals surface area contributed by atoms with Gasteiger partial charge >= 0.3 is 0 Å². The molecule has 29 heavy (non-hydrogen) atoms. The smallest absolute Gasteiger partial charge is 0.242 e. The Morgan fingerprint density at radius 3 is 2.72 bits per heavy atom. The highest BCUT2D eigenvalue weighted by Crippen LogP contribution is 2.36. The van der Waals surface area contributed by atoms with Crippen LogP contribution in [0.2, 0.25) is 0 Å². The number of ether oxygens (including phenoxy) is 1. The van der Waals surface area contributed by atoms with Crippen LogP contribution in [0, 0.1) is 0 Å². The molecule has 7 nitrogen and oxygen atoms in total. The number of amides is 1. The fourth-order valence-electron chi connectivity index (χ4n) is 3.06. The summed E-state index contributed by atoms with van der Waals surface area (Å²) in [6.45, 7) is 1.20. The highest BCUT2D eigenvalue weighted by atomic mass is 32.2. The van der Waals surface area contributed by atoms with Crippen molar-refractivity contribution >= 4 is 33.4 Å². The third-order valence-corrected chi connectivity index (χ3v) is 7.53. The molecule has 0 saturated carbocycles. The minimum absolute atomic E-state index is 0.130. The van der Waals surface area contributed by atoms with Crippen LogP contribution in [-0.4, -0.2) is 58.7 Å². The first kappa shape index (κ1) is 21.5. The first-order valence-electron chi connectivity index (χ1n) is 9.16. The van der Waals surface area contributed by atoms with E-state index >= 15 is 0 Å². The van der Waals surface area contributed by atoms with E-state index in [0.29, 0.717) is 13.1 Å². The van der Waals surface area contributed by atoms with E-state index in [1.54, 1.807) is 31.0 Å². The van der Waals surface area contributed by atoms with Crippen LogP contribution in [-0.2, 0) is 21.4 Å². The van der Waals surface area contributed by atoms with Gasteiger partial charge in [0, 0.05) is 43.4 Å². The number of hydrogen-bond acceptors (Lipinski definition) is 6. The molecule has 1 aliphatic rings. The average molecular weight is 436 g/mol. The van der Waals surface area contributed by atoms with Gasteiger partial charge in [0.05, 0.1) is 24.2 Å². The maximum absolute atomic E-state index is 12.6. The lowest BCUT2D eigenvalue weighted by molar-refractivity contribution is -0.119. The summed E-state index contributed by atoms with van der Waals surface area (Å²) in [5.41, 5.74) is 1.67. The number of benzene rings is 2. The molecule has 0 saturated heterocycles. The molecule has 0 fully saturated rings. The maximum Gasteiger partial charge on any atom is 0.242 e. The number of anilines is 1. The quantitative estimate of drug-likeness (QED) is 0.718. The molecule has 0 radical (unpaired) electrons. The van der Waals surface area contributed by atoms with Gasteiger partial charge in [-0.15, -0.1) is 11.8 Å². The third kappa shape index (κ3) is 4.85. The summed E-state index contributed by atoms with van der Waals surface area (Å²) < 4.78 is 31.5. The summed E-state index contributed by atoms with van der Waals surface area (Å²) in [5.74, 6) is 1.44. The molecule has 2 aromatic carbocycles. The summed E-state index contributed by atoms with van der Waals surface area (Å²) in [5, 5.41) is 2.92. The Hall–Kier alpha value is -2.23. The molecule has 0 bridgehead atoms. The van der Waals surface area contributed by atoms with Gasteiger partial charge in [-0.1, -0.05) is 18.2 Å². The first-order valence-corrected chi connectivity index (χ1v) is 11.6. The lowest BCUT2D eigenvalue weighted by atomic mass is 10.2. The number of carbonyl (C=O) groups is 1. The van der Waals surface area contributed by atoms with Gasteiger partial charge < -0.3 is 15.0 Å². The zero-order chi connectivity index (χ0) is 21.0. The Balaban J connectivity index is 1.73. The Morgan fingerprint density at radius 2 is 2.00 bits per heavy atom. The molecule has 156 valence electrons. The van der Waals surface area contributed by atoms with Gasteiger partial charge in [-0.25, -0.2) is 12.7 Å². The van der Waals surface area contributed by atoms with E-state index in [0.717, 1.165) is 27.6 Å². The average Bonchev–Trinajstić information content (AvgIpc) is 2.72. The van der Waals surface area contributed by atoms with Gasteiger partial charge in [-0.2, -0.15) is 0 Å². The molecule has 0 unspecified atom stereocenters. The van der Waals surface area contributed by atoms with Crippen LogP contribution in [0.1, 0.15) is 5.56 Å². The first-order chi connectivity index (χ1) is 13.8. The number of nitrogens with one attached hydrogen (secondary N) is 1. The SMILES string of the molecule is COc1ccccc1CNC(=O)CN1CCSc2ccc(S(=O)(=O)N(C)C)cc21. The van der Waals surface area contributed by atoms with E-state index in [1.807, 2.05) is 35.2 Å². The summed E-state index contributed by atoms with van der Waals surface area (Å²) in [7, 11) is 1.08. The van der Waals surface area contributed by atoms with E-state index in [4.69, 9.17) is 4.74 Å². The number of thioether (sulfide) groups is 1. The van der Waals surface area contributed by atoms with Crippen molar-refractivity contribution in [2.75, 3.05) is 44.9 Å². The number of sulfonamides is 1. The molecule has 3 rings (SSSR count). The number of nitrogens with zero attached hydrogens (tertiary/aromatic N) is 2. The van der Waals surface area contributed by atoms with Gasteiger partial charge in [0.25, 0.3) is 0 Å². The minimum atomic E-state index is -3.53. The zero-order valence-electron chi connectivity index (χ0n) is 16.7. The second-order valence-electron chi connectivity index (χ2n) is 6.78. The molecule has 0 aromatic heterocycles. The minimum Gasteiger partial charge on any atom is -0.496 e. The molecule has 1 amide bonds. The fraction of sp³-hybridized carbons (Fsp3) is 0.350. The lowest BCUT2D eigenvalue weighted by Gasteiger charge is -2.31. The van der Waals surface area contributed by atoms with Crippen molar-refractivity contribution in [1.29, 1.82) is 0 Å². The second-order valence-corrected chi connectivity index (χ2v) is 10.1. The van der Waals surface area contributed by atoms with Crippen molar-refractivity contribution in [3.05, 3.63) is 48.0 Å². The molecule has 1 aliphatic heterocycles. The molecule has 9 heteroatoms. The van der Waals surface area contributed by atoms with Gasteiger partial charge in [-0.05, 0) is 24.3 Å². The molecule has 1 heterocycles. The van der Waals surface area contributed by atoms with Crippen LogP contribution < -0.4 is 15.0 Å². The Kier molecular flexibility index (Phi) is 6.71. The van der Waals surface area contributed by atoms with Crippen LogP contribution in [0.15, 0.2) is 52.3 Å². The van der Waals surface area contributed by atoms with E-state index in [9.17, 15) is 13.2 Å². The highest BCUT2D eigenvalue weighted by molar-refractivity contribution is 7.99. The van der Waals surface area contributed by atoms with Crippen molar-refractivity contribution in [1.82, 2.24) is 9.62 Å². The van der Waals surface area contributed by atoms with Crippen LogP contribution in [0.5, 0.6) is 5.75 Å². The van der Waals surface area contributed by atoms with Crippen molar-refractivity contribution in [3.8, 4) is 5.75 Å². The molecule has 0 spiro atoms. The van der Waals surface area contributed by atoms with Gasteiger partial charge in [0.15, 0.2) is 0 Å². The van der Waals surface area contributed by atoms with Gasteiger partial charge in [-0.3, -0.25) is 4.79 Å². The Morgan fingerprint density at radius 1 is 1.24 bits per heavy atom. The van der Waals surface area contributed by atoms with E-state index in [-0.39, 0.29) is 17.3 Å². The topological polar surface area (TPSA) is 79.0 Å². The lowest BCUT2D eigenvalue weighted by Crippen LogP contribution is -2.39. The Labute approximate surface area is 176 Å². The van der Waals surface area contributed by atoms with Crippen LogP contribution in [0.4, 0.5) is 5.69 Å². The fourth-order valence-corrected chi connectivity index (χ4v) is 5.01. The number of methoxy groups -OCH3 is 1. The van der Waals surface area contributed by atoms with E-state index < -0.39 is 10.0 Å². The highest BCUT2D eigenvalue weighted by Gasteiger charge is 2.24. The Bertz CT molecular complexity index is 993. The molecular weight excluding hydrogens is 410 g/mol. The number of carbonyl (C=O) groups excluding carboxylic acids is 1. The number of hydrogen-bond donors (Lipinski definition) is 1. The van der Waals surface area contributed by atoms with Crippen LogP contribution in [0.25, 0.3) is 0 Å². The van der Waals surface area contributed by atoms with E-state index in [2.05, 4.69) is 5.32 Å². The van der Waals surface area contributed by atoms with E-state index in [1.165, 1.54) is 18.4 Å². The number of rotatable bonds is 7. The second kappa shape index (κ2) is 9.06. The van der Waals surface area contributed by atoms with Gasteiger partial charge in [0.2, 0.25) is 15.9 Å². The molecule has 1 N–H and O–H groups in total. The molecular formula is C20H25N3O4S2. The van der Waals surface area contributed by atoms with Crippen molar-refractivity contribution < 1.29 is 17.9 Å². The summed E-state index contributed by atoms with van der Waals surface area (Å²) in [4.78, 5) is 15.7. The normalized spacial score (nSPS) is 13.9. The maximum atomic E-state index is 12.6. The van der Waals surface area contributed by atoms with Crippen molar-refractivity contribution in [2.24, 2.45) is 0 Å². The number of para-hydroxylation sites is 1. The van der Waals surface area contributed by atoms with Crippen LogP contribution >= 0.6 is 11.8 Å². The summed E-state index contributed by atoms with van der Waals surface area (Å²) in [6, 6.07) is 12.6. The molecule has 2 aromatic rings. The predicted molar refractivity (Wildman–Crippen MR) is 115 cm³/mol.